The Labute approximate surface area is 243 Å². The van der Waals surface area contributed by atoms with Crippen molar-refractivity contribution in [3.63, 3.8) is 0 Å². The predicted octanol–water partition coefficient (Wildman–Crippen LogP) is 3.47. The minimum atomic E-state index is -0.992. The Morgan fingerprint density at radius 3 is 2.55 bits per heavy atom. The second kappa shape index (κ2) is 10.9. The van der Waals surface area contributed by atoms with Crippen LogP contribution >= 0.6 is 0 Å². The van der Waals surface area contributed by atoms with E-state index in [1.54, 1.807) is 50.0 Å². The second-order valence-electron chi connectivity index (χ2n) is 11.7. The van der Waals surface area contributed by atoms with E-state index in [0.29, 0.717) is 40.1 Å². The van der Waals surface area contributed by atoms with Gasteiger partial charge in [0.2, 0.25) is 5.88 Å². The summed E-state index contributed by atoms with van der Waals surface area (Å²) in [5.41, 5.74) is 2.29. The summed E-state index contributed by atoms with van der Waals surface area (Å²) >= 11 is 0. The van der Waals surface area contributed by atoms with E-state index < -0.39 is 5.60 Å². The summed E-state index contributed by atoms with van der Waals surface area (Å²) in [7, 11) is 1.55. The molecule has 6 rings (SSSR count). The first-order chi connectivity index (χ1) is 20.2. The van der Waals surface area contributed by atoms with Gasteiger partial charge in [-0.1, -0.05) is 0 Å². The standard InChI is InChI=1S/C31H33N7O4/c1-31(2,40)18-42-25-10-26(29-23(11-32)14-35-38(29)17-25)19-4-6-27(33-12-19)37-15-21-8-24(9-22(21)16-37)36-30(39)20-5-7-28(41-3)34-13-20/h4-7,10,12-14,17,21-22,24,40H,8-9,15-16,18H2,1-3H3,(H,36,39)/t21-,22+,24?. The summed E-state index contributed by atoms with van der Waals surface area (Å²) in [5.74, 6) is 2.78. The van der Waals surface area contributed by atoms with E-state index in [-0.39, 0.29) is 18.6 Å². The fourth-order valence-electron chi connectivity index (χ4n) is 5.98. The zero-order valence-electron chi connectivity index (χ0n) is 23.8. The number of amides is 1. The molecule has 0 spiro atoms. The van der Waals surface area contributed by atoms with Crippen molar-refractivity contribution in [3.05, 3.63) is 66.2 Å². The number of pyridine rings is 3. The maximum Gasteiger partial charge on any atom is 0.253 e. The number of aliphatic hydroxyl groups is 1. The molecule has 5 heterocycles. The first-order valence-electron chi connectivity index (χ1n) is 14.0. The average molecular weight is 568 g/mol. The number of carbonyl (C=O) groups excluding carboxylic acids is 1. The maximum absolute atomic E-state index is 12.7. The third kappa shape index (κ3) is 5.58. The van der Waals surface area contributed by atoms with Gasteiger partial charge in [-0.15, -0.1) is 0 Å². The van der Waals surface area contributed by atoms with Crippen LogP contribution in [0, 0.1) is 23.2 Å². The van der Waals surface area contributed by atoms with Gasteiger partial charge in [-0.2, -0.15) is 10.4 Å². The number of carbonyl (C=O) groups is 1. The van der Waals surface area contributed by atoms with Gasteiger partial charge in [0.1, 0.15) is 24.2 Å². The van der Waals surface area contributed by atoms with E-state index in [4.69, 9.17) is 14.5 Å². The van der Waals surface area contributed by atoms with Crippen LogP contribution in [0.4, 0.5) is 5.82 Å². The highest BCUT2D eigenvalue weighted by molar-refractivity contribution is 5.94. The SMILES string of the molecule is COc1ccc(C(=O)NC2C[C@@H]3CN(c4ccc(-c5cc(OCC(C)(C)O)cn6ncc(C#N)c56)cn4)C[C@@H]3C2)cn1. The van der Waals surface area contributed by atoms with Gasteiger partial charge in [0.05, 0.1) is 41.7 Å². The van der Waals surface area contributed by atoms with Crippen LogP contribution in [0.5, 0.6) is 11.6 Å². The van der Waals surface area contributed by atoms with Gasteiger partial charge in [0.25, 0.3) is 5.91 Å². The van der Waals surface area contributed by atoms with Crippen LogP contribution in [-0.2, 0) is 0 Å². The van der Waals surface area contributed by atoms with Crippen LogP contribution in [0.15, 0.2) is 55.1 Å². The Bertz CT molecular complexity index is 1620. The molecule has 11 heteroatoms. The zero-order chi connectivity index (χ0) is 29.4. The highest BCUT2D eigenvalue weighted by Crippen LogP contribution is 2.40. The lowest BCUT2D eigenvalue weighted by Gasteiger charge is -2.21. The van der Waals surface area contributed by atoms with Crippen LogP contribution in [0.25, 0.3) is 16.6 Å². The minimum Gasteiger partial charge on any atom is -0.489 e. The van der Waals surface area contributed by atoms with Gasteiger partial charge >= 0.3 is 0 Å². The molecule has 1 unspecified atom stereocenters. The summed E-state index contributed by atoms with van der Waals surface area (Å²) in [6.45, 7) is 5.25. The van der Waals surface area contributed by atoms with Gasteiger partial charge in [-0.05, 0) is 62.8 Å². The van der Waals surface area contributed by atoms with Crippen molar-refractivity contribution in [3.8, 4) is 28.8 Å². The quantitative estimate of drug-likeness (QED) is 0.328. The molecule has 42 heavy (non-hydrogen) atoms. The molecule has 3 atom stereocenters. The maximum atomic E-state index is 12.7. The van der Waals surface area contributed by atoms with Crippen molar-refractivity contribution >= 4 is 17.2 Å². The highest BCUT2D eigenvalue weighted by Gasteiger charge is 2.41. The van der Waals surface area contributed by atoms with Crippen molar-refractivity contribution in [1.82, 2.24) is 24.9 Å². The van der Waals surface area contributed by atoms with Crippen molar-refractivity contribution in [1.29, 1.82) is 5.26 Å². The molecule has 1 aliphatic carbocycles. The Hall–Kier alpha value is -4.69. The van der Waals surface area contributed by atoms with E-state index in [2.05, 4.69) is 26.4 Å². The van der Waals surface area contributed by atoms with E-state index in [1.807, 2.05) is 24.4 Å². The van der Waals surface area contributed by atoms with Gasteiger partial charge in [0.15, 0.2) is 0 Å². The van der Waals surface area contributed by atoms with Gasteiger partial charge in [0, 0.05) is 48.7 Å². The summed E-state index contributed by atoms with van der Waals surface area (Å²) in [6, 6.07) is 11.7. The normalized spacial score (nSPS) is 19.9. The number of ether oxygens (including phenoxy) is 2. The fourth-order valence-corrected chi connectivity index (χ4v) is 5.98. The third-order valence-corrected chi connectivity index (χ3v) is 7.98. The molecule has 2 fully saturated rings. The Morgan fingerprint density at radius 2 is 1.93 bits per heavy atom. The van der Waals surface area contributed by atoms with E-state index in [9.17, 15) is 15.2 Å². The van der Waals surface area contributed by atoms with Crippen LogP contribution in [0.2, 0.25) is 0 Å². The topological polar surface area (TPSA) is 138 Å². The lowest BCUT2D eigenvalue weighted by atomic mass is 10.0. The van der Waals surface area contributed by atoms with Crippen LogP contribution < -0.4 is 19.7 Å². The van der Waals surface area contributed by atoms with E-state index >= 15 is 0 Å². The molecule has 2 N–H and O–H groups in total. The smallest absolute Gasteiger partial charge is 0.253 e. The molecule has 0 aromatic carbocycles. The monoisotopic (exact) mass is 567 g/mol. The van der Waals surface area contributed by atoms with Crippen molar-refractivity contribution in [2.24, 2.45) is 11.8 Å². The highest BCUT2D eigenvalue weighted by atomic mass is 16.5. The Kier molecular flexibility index (Phi) is 7.16. The number of fused-ring (bicyclic) bond motifs is 2. The molecule has 4 aromatic heterocycles. The number of aromatic nitrogens is 4. The molecule has 0 radical (unpaired) electrons. The van der Waals surface area contributed by atoms with Crippen molar-refractivity contribution < 1.29 is 19.4 Å². The summed E-state index contributed by atoms with van der Waals surface area (Å²) in [6.07, 6.45) is 8.47. The number of anilines is 1. The first-order valence-corrected chi connectivity index (χ1v) is 14.0. The number of hydrogen-bond donors (Lipinski definition) is 2. The number of methoxy groups -OCH3 is 1. The molecule has 1 aliphatic heterocycles. The fraction of sp³-hybridized carbons (Fsp3) is 0.387. The number of nitrogens with one attached hydrogen (secondary N) is 1. The van der Waals surface area contributed by atoms with Crippen LogP contribution in [0.3, 0.4) is 0 Å². The molecule has 2 aliphatic rings. The van der Waals surface area contributed by atoms with Crippen molar-refractivity contribution in [2.45, 2.75) is 38.3 Å². The zero-order valence-corrected chi connectivity index (χ0v) is 23.8. The van der Waals surface area contributed by atoms with Gasteiger partial charge in [-0.25, -0.2) is 14.5 Å². The first kappa shape index (κ1) is 27.5. The third-order valence-electron chi connectivity index (χ3n) is 7.98. The number of hydrogen-bond acceptors (Lipinski definition) is 9. The number of nitrogens with zero attached hydrogens (tertiary/aromatic N) is 6. The lowest BCUT2D eigenvalue weighted by molar-refractivity contribution is 0.0283. The summed E-state index contributed by atoms with van der Waals surface area (Å²) < 4.78 is 12.5. The second-order valence-corrected chi connectivity index (χ2v) is 11.7. The van der Waals surface area contributed by atoms with Crippen LogP contribution in [-0.4, -0.2) is 69.0 Å². The average Bonchev–Trinajstić information content (AvgIpc) is 3.69. The molecule has 11 nitrogen and oxygen atoms in total. The summed E-state index contributed by atoms with van der Waals surface area (Å²) in [5, 5.41) is 27.3. The molecular weight excluding hydrogens is 534 g/mol. The van der Waals surface area contributed by atoms with Gasteiger partial charge < -0.3 is 24.8 Å². The van der Waals surface area contributed by atoms with Crippen molar-refractivity contribution in [2.75, 3.05) is 31.7 Å². The van der Waals surface area contributed by atoms with Gasteiger partial charge in [-0.3, -0.25) is 4.79 Å². The molecule has 1 saturated heterocycles. The Morgan fingerprint density at radius 1 is 1.14 bits per heavy atom. The summed E-state index contributed by atoms with van der Waals surface area (Å²) in [4.78, 5) is 23.9. The van der Waals surface area contributed by atoms with E-state index in [0.717, 1.165) is 42.9 Å². The molecule has 1 amide bonds. The van der Waals surface area contributed by atoms with E-state index in [1.165, 1.54) is 6.20 Å². The largest absolute Gasteiger partial charge is 0.489 e. The Balaban J connectivity index is 1.13. The number of rotatable bonds is 8. The molecule has 1 saturated carbocycles. The molecule has 0 bridgehead atoms. The minimum absolute atomic E-state index is 0.106. The lowest BCUT2D eigenvalue weighted by Crippen LogP contribution is -2.35. The molecule has 216 valence electrons. The number of nitriles is 1. The van der Waals surface area contributed by atoms with Crippen LogP contribution in [0.1, 0.15) is 42.6 Å². The molecule has 4 aromatic rings. The molecular formula is C31H33N7O4. The predicted molar refractivity (Wildman–Crippen MR) is 155 cm³/mol.